The van der Waals surface area contributed by atoms with E-state index in [1.54, 1.807) is 0 Å². The highest BCUT2D eigenvalue weighted by atomic mass is 16.5. The summed E-state index contributed by atoms with van der Waals surface area (Å²) in [7, 11) is 1.49. The fourth-order valence-corrected chi connectivity index (χ4v) is 3.01. The molecule has 1 rings (SSSR count). The fourth-order valence-electron chi connectivity index (χ4n) is 3.01. The van der Waals surface area contributed by atoms with E-state index in [1.165, 1.54) is 20.0 Å². The zero-order chi connectivity index (χ0) is 11.6. The molecule has 0 aromatic carbocycles. The summed E-state index contributed by atoms with van der Waals surface area (Å²) in [6.07, 6.45) is 3.71. The van der Waals surface area contributed by atoms with E-state index in [0.29, 0.717) is 11.8 Å². The second-order valence-electron chi connectivity index (χ2n) is 5.59. The van der Waals surface area contributed by atoms with Gasteiger partial charge in [-0.15, -0.1) is 0 Å². The normalized spacial score (nSPS) is 32.5. The number of carbonyl (C=O) groups is 1. The third-order valence-corrected chi connectivity index (χ3v) is 4.35. The van der Waals surface area contributed by atoms with Gasteiger partial charge in [0.15, 0.2) is 0 Å². The smallest absolute Gasteiger partial charge is 0.311 e. The Balaban J connectivity index is 2.81. The molecule has 0 amide bonds. The van der Waals surface area contributed by atoms with E-state index in [2.05, 4.69) is 13.8 Å². The molecule has 0 bridgehead atoms. The largest absolute Gasteiger partial charge is 0.469 e. The molecule has 0 aliphatic heterocycles. The zero-order valence-corrected chi connectivity index (χ0v) is 10.7. The van der Waals surface area contributed by atoms with Gasteiger partial charge in [-0.05, 0) is 38.0 Å². The third kappa shape index (κ3) is 2.35. The molecule has 0 unspecified atom stereocenters. The van der Waals surface area contributed by atoms with Gasteiger partial charge in [-0.3, -0.25) is 4.79 Å². The molecule has 0 N–H and O–H groups in total. The van der Waals surface area contributed by atoms with Crippen molar-refractivity contribution in [2.45, 2.75) is 47.0 Å². The van der Waals surface area contributed by atoms with Crippen LogP contribution in [0.2, 0.25) is 0 Å². The Morgan fingerprint density at radius 2 is 1.87 bits per heavy atom. The molecule has 0 aromatic rings. The van der Waals surface area contributed by atoms with Gasteiger partial charge in [-0.2, -0.15) is 0 Å². The molecule has 1 aliphatic rings. The number of hydrogen-bond donors (Lipinski definition) is 0. The van der Waals surface area contributed by atoms with Gasteiger partial charge in [0.2, 0.25) is 0 Å². The van der Waals surface area contributed by atoms with Crippen molar-refractivity contribution in [3.05, 3.63) is 0 Å². The number of carbonyl (C=O) groups excluding carboxylic acids is 1. The molecule has 1 saturated carbocycles. The summed E-state index contributed by atoms with van der Waals surface area (Å²) in [5.74, 6) is 1.75. The first-order valence-corrected chi connectivity index (χ1v) is 5.99. The first-order chi connectivity index (χ1) is 6.91. The molecular weight excluding hydrogens is 188 g/mol. The Labute approximate surface area is 93.4 Å². The maximum Gasteiger partial charge on any atom is 0.311 e. The van der Waals surface area contributed by atoms with Gasteiger partial charge < -0.3 is 4.74 Å². The van der Waals surface area contributed by atoms with Crippen LogP contribution in [0.4, 0.5) is 0 Å². The van der Waals surface area contributed by atoms with Crippen LogP contribution in [0, 0.1) is 23.2 Å². The van der Waals surface area contributed by atoms with E-state index in [-0.39, 0.29) is 11.4 Å². The monoisotopic (exact) mass is 212 g/mol. The number of ether oxygens (including phenoxy) is 1. The van der Waals surface area contributed by atoms with Gasteiger partial charge in [-0.1, -0.05) is 26.7 Å². The van der Waals surface area contributed by atoms with Crippen LogP contribution in [0.1, 0.15) is 47.0 Å². The maximum atomic E-state index is 11.8. The molecule has 88 valence electrons. The van der Waals surface area contributed by atoms with Crippen molar-refractivity contribution in [3.8, 4) is 0 Å². The Morgan fingerprint density at radius 1 is 1.27 bits per heavy atom. The molecule has 0 spiro atoms. The first-order valence-electron chi connectivity index (χ1n) is 5.99. The van der Waals surface area contributed by atoms with Crippen molar-refractivity contribution in [1.82, 2.24) is 0 Å². The minimum absolute atomic E-state index is 0.0616. The molecule has 0 saturated heterocycles. The maximum absolute atomic E-state index is 11.8. The molecule has 1 fully saturated rings. The molecule has 0 radical (unpaired) electrons. The van der Waals surface area contributed by atoms with Crippen LogP contribution in [0.3, 0.4) is 0 Å². The van der Waals surface area contributed by atoms with Gasteiger partial charge in [0.25, 0.3) is 0 Å². The second-order valence-corrected chi connectivity index (χ2v) is 5.59. The Kier molecular flexibility index (Phi) is 3.80. The number of methoxy groups -OCH3 is 1. The lowest BCUT2D eigenvalue weighted by atomic mass is 9.63. The predicted octanol–water partition coefficient (Wildman–Crippen LogP) is 3.26. The average Bonchev–Trinajstić information content (AvgIpc) is 2.20. The van der Waals surface area contributed by atoms with E-state index in [9.17, 15) is 4.79 Å². The first kappa shape index (κ1) is 12.5. The molecule has 15 heavy (non-hydrogen) atoms. The van der Waals surface area contributed by atoms with Crippen molar-refractivity contribution in [3.63, 3.8) is 0 Å². The Hall–Kier alpha value is -0.530. The molecule has 1 aliphatic carbocycles. The summed E-state index contributed by atoms with van der Waals surface area (Å²) >= 11 is 0. The van der Waals surface area contributed by atoms with Gasteiger partial charge >= 0.3 is 5.97 Å². The van der Waals surface area contributed by atoms with Crippen molar-refractivity contribution >= 4 is 5.97 Å². The summed E-state index contributed by atoms with van der Waals surface area (Å²) in [6.45, 7) is 8.62. The molecular formula is C13H24O2. The van der Waals surface area contributed by atoms with Gasteiger partial charge in [0.1, 0.15) is 0 Å². The second kappa shape index (κ2) is 4.54. The topological polar surface area (TPSA) is 26.3 Å². The molecule has 0 heterocycles. The highest BCUT2D eigenvalue weighted by Crippen LogP contribution is 2.44. The number of rotatable bonds is 2. The van der Waals surface area contributed by atoms with Crippen LogP contribution in [0.15, 0.2) is 0 Å². The SMILES string of the molecule is COC(=O)C(C)(C)[C@@H]1CCC[C@H](C)[C@H]1C. The van der Waals surface area contributed by atoms with Crippen molar-refractivity contribution < 1.29 is 9.53 Å². The minimum atomic E-state index is -0.331. The van der Waals surface area contributed by atoms with Gasteiger partial charge in [-0.25, -0.2) is 0 Å². The molecule has 2 heteroatoms. The number of hydrogen-bond acceptors (Lipinski definition) is 2. The lowest BCUT2D eigenvalue weighted by Gasteiger charge is -2.42. The van der Waals surface area contributed by atoms with Crippen LogP contribution >= 0.6 is 0 Å². The highest BCUT2D eigenvalue weighted by molar-refractivity contribution is 5.76. The van der Waals surface area contributed by atoms with Crippen LogP contribution in [-0.2, 0) is 9.53 Å². The van der Waals surface area contributed by atoms with E-state index >= 15 is 0 Å². The van der Waals surface area contributed by atoms with E-state index in [1.807, 2.05) is 13.8 Å². The van der Waals surface area contributed by atoms with Crippen molar-refractivity contribution in [2.75, 3.05) is 7.11 Å². The van der Waals surface area contributed by atoms with Crippen molar-refractivity contribution in [2.24, 2.45) is 23.2 Å². The Bertz CT molecular complexity index is 233. The Morgan fingerprint density at radius 3 is 2.40 bits per heavy atom. The van der Waals surface area contributed by atoms with Crippen LogP contribution < -0.4 is 0 Å². The highest BCUT2D eigenvalue weighted by Gasteiger charge is 2.43. The zero-order valence-electron chi connectivity index (χ0n) is 10.7. The minimum Gasteiger partial charge on any atom is -0.469 e. The lowest BCUT2D eigenvalue weighted by Crippen LogP contribution is -2.41. The number of esters is 1. The molecule has 3 atom stereocenters. The quantitative estimate of drug-likeness (QED) is 0.657. The summed E-state index contributed by atoms with van der Waals surface area (Å²) in [5, 5.41) is 0. The van der Waals surface area contributed by atoms with E-state index < -0.39 is 0 Å². The summed E-state index contributed by atoms with van der Waals surface area (Å²) in [6, 6.07) is 0. The fraction of sp³-hybridized carbons (Fsp3) is 0.923. The van der Waals surface area contributed by atoms with Crippen LogP contribution in [-0.4, -0.2) is 13.1 Å². The van der Waals surface area contributed by atoms with E-state index in [0.717, 1.165) is 12.3 Å². The standard InChI is InChI=1S/C13H24O2/c1-9-7-6-8-11(10(9)2)13(3,4)12(14)15-5/h9-11H,6-8H2,1-5H3/t9-,10+,11+/m0/s1. The van der Waals surface area contributed by atoms with Gasteiger partial charge in [0, 0.05) is 0 Å². The average molecular weight is 212 g/mol. The summed E-state index contributed by atoms with van der Waals surface area (Å²) in [4.78, 5) is 11.8. The van der Waals surface area contributed by atoms with Crippen LogP contribution in [0.25, 0.3) is 0 Å². The summed E-state index contributed by atoms with van der Waals surface area (Å²) < 4.78 is 4.91. The van der Waals surface area contributed by atoms with Gasteiger partial charge in [0.05, 0.1) is 12.5 Å². The molecule has 0 aromatic heterocycles. The van der Waals surface area contributed by atoms with E-state index in [4.69, 9.17) is 4.74 Å². The van der Waals surface area contributed by atoms with Crippen molar-refractivity contribution in [1.29, 1.82) is 0 Å². The van der Waals surface area contributed by atoms with Crippen LogP contribution in [0.5, 0.6) is 0 Å². The summed E-state index contributed by atoms with van der Waals surface area (Å²) in [5.41, 5.74) is -0.331. The molecule has 2 nitrogen and oxygen atoms in total. The third-order valence-electron chi connectivity index (χ3n) is 4.35. The predicted molar refractivity (Wildman–Crippen MR) is 61.5 cm³/mol. The lowest BCUT2D eigenvalue weighted by molar-refractivity contribution is -0.156.